The van der Waals surface area contributed by atoms with Gasteiger partial charge in [0, 0.05) is 22.0 Å². The highest BCUT2D eigenvalue weighted by Crippen LogP contribution is 2.28. The van der Waals surface area contributed by atoms with E-state index in [1.807, 2.05) is 43.5 Å². The van der Waals surface area contributed by atoms with Crippen molar-refractivity contribution >= 4 is 46.9 Å². The van der Waals surface area contributed by atoms with E-state index in [1.54, 1.807) is 24.3 Å². The van der Waals surface area contributed by atoms with Crippen LogP contribution in [0.25, 0.3) is 5.69 Å². The number of methoxy groups -OCH3 is 1. The van der Waals surface area contributed by atoms with Crippen LogP contribution in [0.1, 0.15) is 22.5 Å². The van der Waals surface area contributed by atoms with Crippen molar-refractivity contribution in [2.75, 3.05) is 12.4 Å². The maximum Gasteiger partial charge on any atom is 0.329 e. The highest BCUT2D eigenvalue weighted by molar-refractivity contribution is 6.39. The molecule has 0 radical (unpaired) electrons. The van der Waals surface area contributed by atoms with Gasteiger partial charge in [-0.2, -0.15) is 5.10 Å². The SMILES string of the molecule is COc1ccc(C)cc1NC(=O)C(=O)N/N=C\c1cc(C)n(-c2ccc(Cl)cc2Cl)c1C. The Morgan fingerprint density at radius 2 is 1.78 bits per heavy atom. The fourth-order valence-electron chi connectivity index (χ4n) is 3.26. The summed E-state index contributed by atoms with van der Waals surface area (Å²) >= 11 is 12.3. The lowest BCUT2D eigenvalue weighted by molar-refractivity contribution is -0.136. The Kier molecular flexibility index (Phi) is 7.22. The lowest BCUT2D eigenvalue weighted by atomic mass is 10.2. The largest absolute Gasteiger partial charge is 0.495 e. The first-order valence-electron chi connectivity index (χ1n) is 9.64. The van der Waals surface area contributed by atoms with Crippen molar-refractivity contribution in [1.82, 2.24) is 9.99 Å². The Balaban J connectivity index is 1.72. The van der Waals surface area contributed by atoms with Crippen LogP contribution in [0.4, 0.5) is 5.69 Å². The van der Waals surface area contributed by atoms with Crippen molar-refractivity contribution in [3.63, 3.8) is 0 Å². The minimum Gasteiger partial charge on any atom is -0.495 e. The number of rotatable bonds is 5. The number of amides is 2. The van der Waals surface area contributed by atoms with Crippen LogP contribution in [0.3, 0.4) is 0 Å². The van der Waals surface area contributed by atoms with E-state index in [-0.39, 0.29) is 0 Å². The van der Waals surface area contributed by atoms with E-state index in [2.05, 4.69) is 15.8 Å². The van der Waals surface area contributed by atoms with Gasteiger partial charge in [-0.25, -0.2) is 5.43 Å². The van der Waals surface area contributed by atoms with Gasteiger partial charge in [0.1, 0.15) is 5.75 Å². The number of nitrogens with zero attached hydrogens (tertiary/aromatic N) is 2. The molecule has 2 aromatic carbocycles. The summed E-state index contributed by atoms with van der Waals surface area (Å²) in [5.41, 5.74) is 6.88. The maximum absolute atomic E-state index is 12.2. The molecule has 2 amide bonds. The summed E-state index contributed by atoms with van der Waals surface area (Å²) < 4.78 is 7.16. The number of halogens is 2. The summed E-state index contributed by atoms with van der Waals surface area (Å²) in [4.78, 5) is 24.4. The van der Waals surface area contributed by atoms with E-state index in [4.69, 9.17) is 27.9 Å². The number of hydrogen-bond acceptors (Lipinski definition) is 4. The molecule has 0 aliphatic rings. The lowest BCUT2D eigenvalue weighted by Gasteiger charge is -2.11. The van der Waals surface area contributed by atoms with E-state index >= 15 is 0 Å². The first-order valence-corrected chi connectivity index (χ1v) is 10.4. The van der Waals surface area contributed by atoms with Gasteiger partial charge in [-0.1, -0.05) is 29.3 Å². The molecule has 3 rings (SSSR count). The Bertz CT molecular complexity index is 1220. The topological polar surface area (TPSA) is 84.7 Å². The Hall–Kier alpha value is -3.29. The van der Waals surface area contributed by atoms with E-state index in [0.29, 0.717) is 21.5 Å². The zero-order chi connectivity index (χ0) is 23.4. The number of hydrogen-bond donors (Lipinski definition) is 2. The van der Waals surface area contributed by atoms with Crippen molar-refractivity contribution in [2.45, 2.75) is 20.8 Å². The molecule has 0 bridgehead atoms. The monoisotopic (exact) mass is 472 g/mol. The van der Waals surface area contributed by atoms with Gasteiger partial charge in [0.05, 0.1) is 29.7 Å². The molecule has 0 saturated carbocycles. The molecule has 7 nitrogen and oxygen atoms in total. The van der Waals surface area contributed by atoms with Gasteiger partial charge in [0.15, 0.2) is 0 Å². The summed E-state index contributed by atoms with van der Waals surface area (Å²) in [5.74, 6) is -1.31. The Morgan fingerprint density at radius 3 is 2.47 bits per heavy atom. The highest BCUT2D eigenvalue weighted by atomic mass is 35.5. The van der Waals surface area contributed by atoms with Crippen LogP contribution < -0.4 is 15.5 Å². The normalized spacial score (nSPS) is 10.9. The van der Waals surface area contributed by atoms with Crippen molar-refractivity contribution in [2.24, 2.45) is 5.10 Å². The average molecular weight is 473 g/mol. The molecule has 9 heteroatoms. The standard InChI is InChI=1S/C23H22Cl2N4O3/c1-13-5-8-21(32-4)19(9-13)27-22(30)23(31)28-26-12-16-10-14(2)29(15(16)3)20-7-6-17(24)11-18(20)25/h5-12H,1-4H3,(H,27,30)(H,28,31)/b26-12-. The van der Waals surface area contributed by atoms with Crippen molar-refractivity contribution in [3.05, 3.63) is 75.0 Å². The molecule has 0 spiro atoms. The molecular formula is C23H22Cl2N4O3. The first-order chi connectivity index (χ1) is 15.2. The van der Waals surface area contributed by atoms with Crippen molar-refractivity contribution in [1.29, 1.82) is 0 Å². The molecule has 0 atom stereocenters. The zero-order valence-corrected chi connectivity index (χ0v) is 19.5. The minimum absolute atomic E-state index is 0.403. The van der Waals surface area contributed by atoms with E-state index in [9.17, 15) is 9.59 Å². The molecule has 0 aliphatic carbocycles. The molecule has 1 heterocycles. The molecular weight excluding hydrogens is 451 g/mol. The lowest BCUT2D eigenvalue weighted by Crippen LogP contribution is -2.32. The van der Waals surface area contributed by atoms with Crippen LogP contribution in [0.5, 0.6) is 5.75 Å². The second-order valence-electron chi connectivity index (χ2n) is 7.11. The smallest absolute Gasteiger partial charge is 0.329 e. The fourth-order valence-corrected chi connectivity index (χ4v) is 3.75. The van der Waals surface area contributed by atoms with Gasteiger partial charge in [-0.05, 0) is 62.7 Å². The summed E-state index contributed by atoms with van der Waals surface area (Å²) in [6.07, 6.45) is 1.47. The van der Waals surface area contributed by atoms with Gasteiger partial charge in [0.25, 0.3) is 0 Å². The van der Waals surface area contributed by atoms with Crippen LogP contribution in [0.2, 0.25) is 10.0 Å². The fraction of sp³-hybridized carbons (Fsp3) is 0.174. The third kappa shape index (κ3) is 5.12. The predicted molar refractivity (Wildman–Crippen MR) is 127 cm³/mol. The van der Waals surface area contributed by atoms with Gasteiger partial charge in [-0.15, -0.1) is 0 Å². The van der Waals surface area contributed by atoms with E-state index in [1.165, 1.54) is 13.3 Å². The first kappa shape index (κ1) is 23.4. The maximum atomic E-state index is 12.2. The van der Waals surface area contributed by atoms with Gasteiger partial charge >= 0.3 is 11.8 Å². The molecule has 0 saturated heterocycles. The van der Waals surface area contributed by atoms with Crippen molar-refractivity contribution < 1.29 is 14.3 Å². The predicted octanol–water partition coefficient (Wildman–Crippen LogP) is 4.81. The van der Waals surface area contributed by atoms with Gasteiger partial charge in [-0.3, -0.25) is 9.59 Å². The quantitative estimate of drug-likeness (QED) is 0.317. The number of aromatic nitrogens is 1. The van der Waals surface area contributed by atoms with Crippen molar-refractivity contribution in [3.8, 4) is 11.4 Å². The average Bonchev–Trinajstić information content (AvgIpc) is 3.01. The van der Waals surface area contributed by atoms with Crippen LogP contribution in [0.15, 0.2) is 47.6 Å². The molecule has 0 fully saturated rings. The number of hydrazone groups is 1. The summed E-state index contributed by atoms with van der Waals surface area (Å²) in [7, 11) is 1.48. The third-order valence-electron chi connectivity index (χ3n) is 4.80. The third-order valence-corrected chi connectivity index (χ3v) is 5.34. The number of benzene rings is 2. The molecule has 1 aromatic heterocycles. The summed E-state index contributed by atoms with van der Waals surface area (Å²) in [5, 5.41) is 7.52. The molecule has 3 aromatic rings. The van der Waals surface area contributed by atoms with Gasteiger partial charge in [0.2, 0.25) is 0 Å². The minimum atomic E-state index is -0.903. The number of aryl methyl sites for hydroxylation is 2. The Labute approximate surface area is 196 Å². The molecule has 32 heavy (non-hydrogen) atoms. The number of ether oxygens (including phenoxy) is 1. The Morgan fingerprint density at radius 1 is 1.03 bits per heavy atom. The summed E-state index contributed by atoms with van der Waals surface area (Å²) in [6, 6.07) is 12.4. The summed E-state index contributed by atoms with van der Waals surface area (Å²) in [6.45, 7) is 5.70. The number of carbonyl (C=O) groups is 2. The second kappa shape index (κ2) is 9.89. The van der Waals surface area contributed by atoms with Crippen LogP contribution >= 0.6 is 23.2 Å². The highest BCUT2D eigenvalue weighted by Gasteiger charge is 2.16. The van der Waals surface area contributed by atoms with E-state index in [0.717, 1.165) is 28.2 Å². The molecule has 0 unspecified atom stereocenters. The number of carbonyl (C=O) groups excluding carboxylic acids is 2. The zero-order valence-electron chi connectivity index (χ0n) is 18.0. The van der Waals surface area contributed by atoms with Crippen LogP contribution in [-0.2, 0) is 9.59 Å². The van der Waals surface area contributed by atoms with Crippen LogP contribution in [0, 0.1) is 20.8 Å². The molecule has 2 N–H and O–H groups in total. The van der Waals surface area contributed by atoms with Gasteiger partial charge < -0.3 is 14.6 Å². The van der Waals surface area contributed by atoms with E-state index < -0.39 is 11.8 Å². The molecule has 0 aliphatic heterocycles. The molecule has 166 valence electrons. The number of nitrogens with one attached hydrogen (secondary N) is 2. The second-order valence-corrected chi connectivity index (χ2v) is 7.96. The van der Waals surface area contributed by atoms with Crippen LogP contribution in [-0.4, -0.2) is 29.7 Å². The number of anilines is 1.